The quantitative estimate of drug-likeness (QED) is 0.103. The Labute approximate surface area is 523 Å². The van der Waals surface area contributed by atoms with Gasteiger partial charge in [-0.1, -0.05) is 159 Å². The molecular formula is C66H46BBr2ClI3N6O2-. The first-order valence-electron chi connectivity index (χ1n) is 25.1. The van der Waals surface area contributed by atoms with Crippen molar-refractivity contribution in [2.75, 3.05) is 0 Å². The van der Waals surface area contributed by atoms with Crippen LogP contribution < -0.4 is 18.7 Å². The van der Waals surface area contributed by atoms with E-state index in [1.807, 2.05) is 79.3 Å². The van der Waals surface area contributed by atoms with Crippen molar-refractivity contribution in [2.24, 2.45) is 0 Å². The topological polar surface area (TPSA) is 118 Å². The van der Waals surface area contributed by atoms with E-state index in [-0.39, 0.29) is 0 Å². The van der Waals surface area contributed by atoms with Crippen LogP contribution in [0.3, 0.4) is 0 Å². The van der Waals surface area contributed by atoms with E-state index in [4.69, 9.17) is 31.6 Å². The van der Waals surface area contributed by atoms with Gasteiger partial charge in [0, 0.05) is 108 Å². The SMILES string of the molecule is Clc1cccc(-c2cc(-c3cccc(Br)c3)nc(-c3cccc(Br)c3)c2)c1.I[I-]I.OB(O)c1cccnc1.c1cncc(-c2cccc(-c3cc(-c4cccc(-c5cccnc5)c4)nc(-c4cccc(-c5cccnc5)c4)c3)c2)c1. The van der Waals surface area contributed by atoms with Gasteiger partial charge < -0.3 is 10.0 Å². The van der Waals surface area contributed by atoms with E-state index in [0.29, 0.717) is 18.7 Å². The number of rotatable bonds is 10. The number of nitrogens with zero attached hydrogens (tertiary/aromatic N) is 6. The third-order valence-corrected chi connectivity index (χ3v) is 13.8. The first kappa shape index (κ1) is 59.3. The monoisotopic (exact) mass is 1540 g/mol. The molecule has 81 heavy (non-hydrogen) atoms. The van der Waals surface area contributed by atoms with E-state index in [0.717, 1.165) is 115 Å². The van der Waals surface area contributed by atoms with Crippen LogP contribution >= 0.6 is 80.7 Å². The summed E-state index contributed by atoms with van der Waals surface area (Å²) >= 11 is 18.6. The summed E-state index contributed by atoms with van der Waals surface area (Å²) in [5.74, 6) is 0. The van der Waals surface area contributed by atoms with Gasteiger partial charge in [0.15, 0.2) is 0 Å². The normalized spacial score (nSPS) is 10.5. The smallest absolute Gasteiger partial charge is 0.423 e. The van der Waals surface area contributed by atoms with E-state index in [1.54, 1.807) is 36.9 Å². The number of pyridine rings is 6. The summed E-state index contributed by atoms with van der Waals surface area (Å²) in [5.41, 5.74) is 19.2. The van der Waals surface area contributed by atoms with Crippen molar-refractivity contribution in [1.82, 2.24) is 29.9 Å². The van der Waals surface area contributed by atoms with Gasteiger partial charge in [0.05, 0.1) is 22.8 Å². The predicted molar refractivity (Wildman–Crippen MR) is 353 cm³/mol. The van der Waals surface area contributed by atoms with Crippen molar-refractivity contribution in [3.8, 4) is 101 Å². The van der Waals surface area contributed by atoms with Gasteiger partial charge in [-0.25, -0.2) is 9.97 Å². The first-order valence-corrected chi connectivity index (χ1v) is 39.6. The average Bonchev–Trinajstić information content (AvgIpc) is 3.59. The Kier molecular flexibility index (Phi) is 22.0. The fourth-order valence-corrected chi connectivity index (χ4v) is 9.66. The molecule has 6 aromatic heterocycles. The molecule has 398 valence electrons. The number of hydrogen-bond acceptors (Lipinski definition) is 8. The second-order valence-corrected chi connectivity index (χ2v) is 36.5. The molecule has 0 atom stereocenters. The summed E-state index contributed by atoms with van der Waals surface area (Å²) in [4.78, 5) is 26.8. The molecule has 0 saturated carbocycles. The minimum Gasteiger partial charge on any atom is -0.423 e. The van der Waals surface area contributed by atoms with Crippen LogP contribution in [0.25, 0.3) is 101 Å². The maximum Gasteiger partial charge on any atom is 0.490 e. The van der Waals surface area contributed by atoms with Crippen molar-refractivity contribution >= 4 is 93.3 Å². The summed E-state index contributed by atoms with van der Waals surface area (Å²) in [6.07, 6.45) is 14.1. The first-order chi connectivity index (χ1) is 39.6. The minimum atomic E-state index is -1.40. The zero-order chi connectivity index (χ0) is 56.3. The van der Waals surface area contributed by atoms with Gasteiger partial charge in [0.2, 0.25) is 0 Å². The Balaban J connectivity index is 0.000000172. The minimum absolute atomic E-state index is 0.414. The van der Waals surface area contributed by atoms with E-state index >= 15 is 0 Å². The molecule has 15 heteroatoms. The summed E-state index contributed by atoms with van der Waals surface area (Å²) in [6.45, 7) is 0. The fourth-order valence-electron chi connectivity index (χ4n) is 8.67. The molecule has 6 heterocycles. The largest absolute Gasteiger partial charge is 0.490 e. The Morgan fingerprint density at radius 1 is 0.333 bits per heavy atom. The van der Waals surface area contributed by atoms with Crippen LogP contribution in [0.15, 0.2) is 277 Å². The van der Waals surface area contributed by atoms with Crippen LogP contribution in [0, 0.1) is 0 Å². The van der Waals surface area contributed by atoms with Gasteiger partial charge in [-0.05, 0) is 142 Å². The van der Waals surface area contributed by atoms with E-state index in [9.17, 15) is 0 Å². The molecule has 2 N–H and O–H groups in total. The molecule has 0 fully saturated rings. The van der Waals surface area contributed by atoms with Crippen LogP contribution in [0.2, 0.25) is 5.02 Å². The molecule has 6 aromatic carbocycles. The molecule has 0 bridgehead atoms. The van der Waals surface area contributed by atoms with Crippen molar-refractivity contribution in [1.29, 1.82) is 0 Å². The van der Waals surface area contributed by atoms with Crippen LogP contribution in [0.5, 0.6) is 0 Å². The summed E-state index contributed by atoms with van der Waals surface area (Å²) in [6, 6.07) is 73.8. The van der Waals surface area contributed by atoms with Gasteiger partial charge in [-0.3, -0.25) is 19.9 Å². The molecule has 0 aliphatic heterocycles. The Morgan fingerprint density at radius 2 is 0.630 bits per heavy atom. The van der Waals surface area contributed by atoms with Gasteiger partial charge in [0.1, 0.15) is 0 Å². The number of benzene rings is 6. The second kappa shape index (κ2) is 30.1. The van der Waals surface area contributed by atoms with Crippen molar-refractivity contribution < 1.29 is 23.3 Å². The summed E-state index contributed by atoms with van der Waals surface area (Å²) < 4.78 is 2.05. The molecule has 0 saturated heterocycles. The second-order valence-electron chi connectivity index (χ2n) is 18.0. The summed E-state index contributed by atoms with van der Waals surface area (Å²) in [7, 11) is -1.40. The molecule has 0 aliphatic rings. The van der Waals surface area contributed by atoms with E-state index in [2.05, 4.69) is 235 Å². The molecule has 0 amide bonds. The van der Waals surface area contributed by atoms with E-state index < -0.39 is 7.12 Å². The Morgan fingerprint density at radius 3 is 0.951 bits per heavy atom. The van der Waals surface area contributed by atoms with E-state index in [1.165, 1.54) is 6.20 Å². The standard InChI is InChI=1S/C38H26N4.C23H14Br2ClN.C5H6BNO2.I3/c1-7-27(33-13-4-16-39-24-33)19-30(10-1)36-22-37(31-11-2-8-28(20-31)34-14-5-17-40-25-34)42-38(23-36)32-12-3-9-29(21-32)35-15-6-18-41-26-35;24-19-7-1-5-16(10-19)22-13-18(15-4-3-9-21(26)12-15)14-23(27-22)17-6-2-8-20(25)11-17;8-6(9)5-2-1-3-7-4-5;1-3-2/h1-26H;1-14H;1-4,8-9H;/q;;;-1. The maximum absolute atomic E-state index is 8.54. The molecule has 0 radical (unpaired) electrons. The van der Waals surface area contributed by atoms with Crippen molar-refractivity contribution in [3.63, 3.8) is 0 Å². The van der Waals surface area contributed by atoms with Crippen LogP contribution in [-0.4, -0.2) is 47.1 Å². The molecule has 0 spiro atoms. The molecular weight excluding hydrogens is 1500 g/mol. The Hall–Kier alpha value is -6.36. The molecule has 0 aliphatic carbocycles. The van der Waals surface area contributed by atoms with Gasteiger partial charge >= 0.3 is 57.6 Å². The third kappa shape index (κ3) is 16.9. The predicted octanol–water partition coefficient (Wildman–Crippen LogP) is 15.1. The van der Waals surface area contributed by atoms with Crippen molar-refractivity contribution in [2.45, 2.75) is 0 Å². The zero-order valence-corrected chi connectivity index (χ0v) is 53.2. The molecule has 12 aromatic rings. The number of aromatic nitrogens is 6. The zero-order valence-electron chi connectivity index (χ0n) is 42.8. The third-order valence-electron chi connectivity index (χ3n) is 12.5. The van der Waals surface area contributed by atoms with Gasteiger partial charge in [-0.15, -0.1) is 0 Å². The number of hydrogen-bond donors (Lipinski definition) is 2. The van der Waals surface area contributed by atoms with Crippen LogP contribution in [0.4, 0.5) is 0 Å². The van der Waals surface area contributed by atoms with Crippen LogP contribution in [-0.2, 0) is 0 Å². The van der Waals surface area contributed by atoms with Crippen molar-refractivity contribution in [3.05, 3.63) is 282 Å². The van der Waals surface area contributed by atoms with Gasteiger partial charge in [0.25, 0.3) is 0 Å². The number of halogens is 6. The Bertz CT molecular complexity index is 3600. The van der Waals surface area contributed by atoms with Crippen LogP contribution in [0.1, 0.15) is 0 Å². The summed E-state index contributed by atoms with van der Waals surface area (Å²) in [5, 5.41) is 17.8. The maximum atomic E-state index is 8.54. The molecule has 12 rings (SSSR count). The average molecular weight is 1540 g/mol. The fraction of sp³-hybridized carbons (Fsp3) is 0. The molecule has 8 nitrogen and oxygen atoms in total. The molecule has 0 unspecified atom stereocenters. The van der Waals surface area contributed by atoms with Gasteiger partial charge in [-0.2, -0.15) is 0 Å².